The van der Waals surface area contributed by atoms with Crippen LogP contribution in [0, 0.1) is 40.4 Å². The van der Waals surface area contributed by atoms with Crippen molar-refractivity contribution in [1.29, 1.82) is 0 Å². The Kier molecular flexibility index (Phi) is 8.78. The highest BCUT2D eigenvalue weighted by Gasteiger charge is 2.59. The maximum atomic E-state index is 4.73. The van der Waals surface area contributed by atoms with Gasteiger partial charge in [-0.25, -0.2) is 0 Å². The molecule has 0 N–H and O–H groups in total. The molecule has 0 saturated heterocycles. The van der Waals surface area contributed by atoms with Gasteiger partial charge < -0.3 is 0 Å². The van der Waals surface area contributed by atoms with E-state index in [9.17, 15) is 0 Å². The molecule has 29 heavy (non-hydrogen) atoms. The fourth-order valence-corrected chi connectivity index (χ4v) is 8.23. The molecule has 0 aromatic carbocycles. The lowest BCUT2D eigenvalue weighted by atomic mass is 9.45. The van der Waals surface area contributed by atoms with Crippen molar-refractivity contribution in [3.05, 3.63) is 37.0 Å². The topological polar surface area (TPSA) is 0 Å². The van der Waals surface area contributed by atoms with E-state index in [0.717, 1.165) is 35.3 Å². The highest BCUT2D eigenvalue weighted by molar-refractivity contribution is 7.80. The van der Waals surface area contributed by atoms with Crippen molar-refractivity contribution >= 4 is 12.6 Å². The van der Waals surface area contributed by atoms with Crippen LogP contribution in [0.3, 0.4) is 0 Å². The van der Waals surface area contributed by atoms with E-state index in [-0.39, 0.29) is 0 Å². The van der Waals surface area contributed by atoms with Gasteiger partial charge in [0.25, 0.3) is 0 Å². The van der Waals surface area contributed by atoms with Gasteiger partial charge in [0.1, 0.15) is 0 Å². The third-order valence-electron chi connectivity index (χ3n) is 9.29. The van der Waals surface area contributed by atoms with Crippen molar-refractivity contribution in [1.82, 2.24) is 0 Å². The van der Waals surface area contributed by atoms with E-state index in [1.54, 1.807) is 11.1 Å². The summed E-state index contributed by atoms with van der Waals surface area (Å²) in [5.41, 5.74) is 4.34. The second kappa shape index (κ2) is 10.3. The SMILES string of the molecule is C=C.C=C1CC2(C)C(CCS)CCC2C2CC=C3C[C@H](CC)CCC3(C)C12.CC. The Morgan fingerprint density at radius 1 is 1.14 bits per heavy atom. The molecule has 0 heterocycles. The summed E-state index contributed by atoms with van der Waals surface area (Å²) >= 11 is 4.56. The quantitative estimate of drug-likeness (QED) is 0.344. The Hall–Kier alpha value is -0.430. The lowest BCUT2D eigenvalue weighted by Gasteiger charge is -2.59. The Morgan fingerprint density at radius 2 is 1.83 bits per heavy atom. The molecule has 4 rings (SSSR count). The molecule has 0 amide bonds. The number of rotatable bonds is 3. The van der Waals surface area contributed by atoms with Gasteiger partial charge in [-0.3, -0.25) is 0 Å². The third-order valence-corrected chi connectivity index (χ3v) is 9.55. The van der Waals surface area contributed by atoms with Crippen LogP contribution >= 0.6 is 12.6 Å². The van der Waals surface area contributed by atoms with Gasteiger partial charge in [0.05, 0.1) is 0 Å². The fraction of sp³-hybridized carbons (Fsp3) is 0.786. The molecule has 0 bridgehead atoms. The monoisotopic (exact) mass is 416 g/mol. The zero-order valence-corrected chi connectivity index (χ0v) is 21.0. The van der Waals surface area contributed by atoms with Crippen LogP contribution in [0.4, 0.5) is 0 Å². The van der Waals surface area contributed by atoms with Crippen LogP contribution in [0.15, 0.2) is 37.0 Å². The molecule has 166 valence electrons. The van der Waals surface area contributed by atoms with Crippen molar-refractivity contribution in [2.45, 2.75) is 92.4 Å². The second-order valence-corrected chi connectivity index (χ2v) is 10.7. The van der Waals surface area contributed by atoms with E-state index in [4.69, 9.17) is 6.58 Å². The minimum absolute atomic E-state index is 0.425. The standard InChI is InChI=1S/C24H38S.C2H6.C2H4/c1-5-17-10-12-23(3)19(14-17)6-8-20-21-9-7-18(11-13-25)24(21,4)15-16(2)22(20)23;2*1-2/h6,17-18,20-22,25H,2,5,7-15H2,1,3-4H3;1-2H3;1-2H2/t17-,18?,20?,21?,22?,23?,24?;;/m1../s1. The average molecular weight is 417 g/mol. The van der Waals surface area contributed by atoms with Crippen molar-refractivity contribution in [2.24, 2.45) is 40.4 Å². The predicted molar refractivity (Wildman–Crippen MR) is 135 cm³/mol. The van der Waals surface area contributed by atoms with Gasteiger partial charge in [-0.15, -0.1) is 13.2 Å². The van der Waals surface area contributed by atoms with E-state index in [1.165, 1.54) is 57.8 Å². The molecule has 0 spiro atoms. The molecule has 4 aliphatic rings. The largest absolute Gasteiger partial charge is 0.179 e. The van der Waals surface area contributed by atoms with Crippen molar-refractivity contribution < 1.29 is 0 Å². The second-order valence-electron chi connectivity index (χ2n) is 10.3. The summed E-state index contributed by atoms with van der Waals surface area (Å²) in [5.74, 6) is 5.41. The van der Waals surface area contributed by atoms with Gasteiger partial charge in [-0.05, 0) is 97.5 Å². The summed E-state index contributed by atoms with van der Waals surface area (Å²) in [6.07, 6.45) is 15.1. The molecule has 0 aromatic heterocycles. The smallest absolute Gasteiger partial charge is 0.00480 e. The van der Waals surface area contributed by atoms with Crippen LogP contribution in [-0.2, 0) is 0 Å². The molecule has 6 unspecified atom stereocenters. The molecular weight excluding hydrogens is 368 g/mol. The minimum atomic E-state index is 0.425. The van der Waals surface area contributed by atoms with Gasteiger partial charge in [0, 0.05) is 0 Å². The third kappa shape index (κ3) is 4.19. The molecule has 0 aromatic rings. The fourth-order valence-electron chi connectivity index (χ4n) is 7.92. The molecule has 7 atom stereocenters. The summed E-state index contributed by atoms with van der Waals surface area (Å²) in [6.45, 7) is 22.3. The Bertz CT molecular complexity index is 589. The van der Waals surface area contributed by atoms with Crippen LogP contribution < -0.4 is 0 Å². The summed E-state index contributed by atoms with van der Waals surface area (Å²) in [7, 11) is 0. The zero-order chi connectivity index (χ0) is 21.8. The molecule has 0 radical (unpaired) electrons. The van der Waals surface area contributed by atoms with Crippen LogP contribution in [-0.4, -0.2) is 5.75 Å². The van der Waals surface area contributed by atoms with Crippen molar-refractivity contribution in [3.63, 3.8) is 0 Å². The maximum absolute atomic E-state index is 4.73. The lowest BCUT2D eigenvalue weighted by molar-refractivity contribution is -0.00743. The highest BCUT2D eigenvalue weighted by atomic mass is 32.1. The first-order valence-corrected chi connectivity index (χ1v) is 13.0. The first-order chi connectivity index (χ1) is 13.9. The van der Waals surface area contributed by atoms with E-state index >= 15 is 0 Å². The highest BCUT2D eigenvalue weighted by Crippen LogP contribution is 2.68. The molecule has 0 nitrogen and oxygen atoms in total. The molecule has 4 aliphatic carbocycles. The van der Waals surface area contributed by atoms with Gasteiger partial charge >= 0.3 is 0 Å². The first kappa shape index (κ1) is 24.8. The summed E-state index contributed by atoms with van der Waals surface area (Å²) in [4.78, 5) is 0. The normalized spacial score (nSPS) is 42.8. The summed E-state index contributed by atoms with van der Waals surface area (Å²) in [5, 5.41) is 0. The van der Waals surface area contributed by atoms with Gasteiger partial charge in [0.2, 0.25) is 0 Å². The number of fused-ring (bicyclic) bond motifs is 5. The minimum Gasteiger partial charge on any atom is -0.179 e. The Balaban J connectivity index is 0.000000707. The van der Waals surface area contributed by atoms with E-state index < -0.39 is 0 Å². The van der Waals surface area contributed by atoms with Crippen molar-refractivity contribution in [2.75, 3.05) is 5.75 Å². The number of thiol groups is 1. The maximum Gasteiger partial charge on any atom is -0.00480 e. The molecule has 0 aliphatic heterocycles. The van der Waals surface area contributed by atoms with Crippen LogP contribution in [0.5, 0.6) is 0 Å². The van der Waals surface area contributed by atoms with E-state index in [2.05, 4.69) is 52.6 Å². The Morgan fingerprint density at radius 3 is 2.45 bits per heavy atom. The van der Waals surface area contributed by atoms with Gasteiger partial charge in [-0.2, -0.15) is 12.6 Å². The van der Waals surface area contributed by atoms with E-state index in [0.29, 0.717) is 10.8 Å². The van der Waals surface area contributed by atoms with E-state index in [1.807, 2.05) is 13.8 Å². The summed E-state index contributed by atoms with van der Waals surface area (Å²) < 4.78 is 0. The molecule has 3 fully saturated rings. The number of hydrogen-bond acceptors (Lipinski definition) is 1. The van der Waals surface area contributed by atoms with Crippen LogP contribution in [0.2, 0.25) is 0 Å². The molecular formula is C28H48S. The van der Waals surface area contributed by atoms with Gasteiger partial charge in [0.15, 0.2) is 0 Å². The Labute approximate surface area is 188 Å². The predicted octanol–water partition coefficient (Wildman–Crippen LogP) is 8.91. The van der Waals surface area contributed by atoms with Crippen molar-refractivity contribution in [3.8, 4) is 0 Å². The number of hydrogen-bond donors (Lipinski definition) is 1. The molecule has 1 heteroatoms. The van der Waals surface area contributed by atoms with Gasteiger partial charge in [-0.1, -0.05) is 64.8 Å². The van der Waals surface area contributed by atoms with Crippen LogP contribution in [0.1, 0.15) is 92.4 Å². The zero-order valence-electron chi connectivity index (χ0n) is 20.1. The molecule has 3 saturated carbocycles. The van der Waals surface area contributed by atoms with Crippen LogP contribution in [0.25, 0.3) is 0 Å². The summed E-state index contributed by atoms with van der Waals surface area (Å²) in [6, 6.07) is 0. The lowest BCUT2D eigenvalue weighted by Crippen LogP contribution is -2.51. The average Bonchev–Trinajstić information content (AvgIpc) is 3.06. The number of allylic oxidation sites excluding steroid dienone is 3. The first-order valence-electron chi connectivity index (χ1n) is 12.4.